The van der Waals surface area contributed by atoms with E-state index in [2.05, 4.69) is 117 Å². The van der Waals surface area contributed by atoms with Crippen molar-refractivity contribution in [1.82, 2.24) is 19.9 Å². The van der Waals surface area contributed by atoms with Gasteiger partial charge in [0.15, 0.2) is 0 Å². The molecule has 222 valence electrons. The highest BCUT2D eigenvalue weighted by Gasteiger charge is 2.49. The van der Waals surface area contributed by atoms with Crippen LogP contribution in [0.4, 0.5) is 11.6 Å². The van der Waals surface area contributed by atoms with E-state index >= 15 is 0 Å². The molecule has 0 radical (unpaired) electrons. The minimum atomic E-state index is 0.0550. The first-order valence-electron chi connectivity index (χ1n) is 15.6. The zero-order valence-electron chi connectivity index (χ0n) is 25.4. The first kappa shape index (κ1) is 27.4. The molecule has 5 heterocycles. The molecular formula is C37H37BrN6. The molecule has 8 rings (SSSR count). The van der Waals surface area contributed by atoms with Gasteiger partial charge in [-0.15, -0.1) is 0 Å². The molecule has 0 unspecified atom stereocenters. The number of aryl methyl sites for hydroxylation is 1. The van der Waals surface area contributed by atoms with Gasteiger partial charge in [0.25, 0.3) is 0 Å². The smallest absolute Gasteiger partial charge is 0.134 e. The average molecular weight is 646 g/mol. The Bertz CT molecular complexity index is 1950. The van der Waals surface area contributed by atoms with Gasteiger partial charge in [-0.3, -0.25) is 0 Å². The Morgan fingerprint density at radius 2 is 1.73 bits per heavy atom. The van der Waals surface area contributed by atoms with Crippen molar-refractivity contribution in [3.8, 4) is 0 Å². The van der Waals surface area contributed by atoms with Crippen LogP contribution in [0.2, 0.25) is 0 Å². The second kappa shape index (κ2) is 9.96. The number of rotatable bonds is 6. The SMILES string of the molecule is C=C(/C=C/c1cnc2c(c1)C1(CCC1)C(=C)N2)NCc1c(C)n(C)c2ccc(/C=C3/Nc4ncc(Br)cc4C34CCC4)cc12. The molecule has 2 spiro atoms. The summed E-state index contributed by atoms with van der Waals surface area (Å²) in [4.78, 5) is 9.37. The summed E-state index contributed by atoms with van der Waals surface area (Å²) < 4.78 is 3.32. The van der Waals surface area contributed by atoms with Crippen molar-refractivity contribution >= 4 is 50.6 Å². The lowest BCUT2D eigenvalue weighted by Gasteiger charge is -2.39. The van der Waals surface area contributed by atoms with Gasteiger partial charge in [0.2, 0.25) is 0 Å². The third kappa shape index (κ3) is 4.05. The number of aromatic nitrogens is 3. The first-order valence-corrected chi connectivity index (χ1v) is 16.4. The molecule has 2 aliphatic heterocycles. The fraction of sp³-hybridized carbons (Fsp3) is 0.297. The Hall–Kier alpha value is -4.10. The van der Waals surface area contributed by atoms with E-state index in [4.69, 9.17) is 4.98 Å². The quantitative estimate of drug-likeness (QED) is 0.183. The summed E-state index contributed by atoms with van der Waals surface area (Å²) in [6.07, 6.45) is 17.4. The minimum absolute atomic E-state index is 0.0550. The van der Waals surface area contributed by atoms with Crippen LogP contribution >= 0.6 is 15.9 Å². The van der Waals surface area contributed by atoms with E-state index < -0.39 is 0 Å². The van der Waals surface area contributed by atoms with Crippen LogP contribution in [0.3, 0.4) is 0 Å². The van der Waals surface area contributed by atoms with Crippen molar-refractivity contribution in [2.45, 2.75) is 62.8 Å². The van der Waals surface area contributed by atoms with E-state index in [1.165, 1.54) is 57.4 Å². The van der Waals surface area contributed by atoms with E-state index in [9.17, 15) is 0 Å². The van der Waals surface area contributed by atoms with Gasteiger partial charge >= 0.3 is 0 Å². The monoisotopic (exact) mass is 644 g/mol. The van der Waals surface area contributed by atoms with E-state index in [1.54, 1.807) is 0 Å². The number of anilines is 2. The number of fused-ring (bicyclic) bond motifs is 5. The first-order chi connectivity index (χ1) is 21.3. The van der Waals surface area contributed by atoms with E-state index in [1.807, 2.05) is 12.4 Å². The summed E-state index contributed by atoms with van der Waals surface area (Å²) in [5, 5.41) is 11.9. The molecule has 3 N–H and O–H groups in total. The second-order valence-corrected chi connectivity index (χ2v) is 13.9. The number of halogens is 1. The van der Waals surface area contributed by atoms with Gasteiger partial charge < -0.3 is 20.5 Å². The molecule has 0 bridgehead atoms. The van der Waals surface area contributed by atoms with Crippen LogP contribution in [0, 0.1) is 6.92 Å². The van der Waals surface area contributed by atoms with Crippen LogP contribution in [-0.2, 0) is 24.4 Å². The number of hydrogen-bond donors (Lipinski definition) is 3. The van der Waals surface area contributed by atoms with Gasteiger partial charge in [-0.2, -0.15) is 0 Å². The molecule has 2 fully saturated rings. The van der Waals surface area contributed by atoms with Crippen molar-refractivity contribution in [3.63, 3.8) is 0 Å². The number of hydrogen-bond acceptors (Lipinski definition) is 5. The van der Waals surface area contributed by atoms with Crippen LogP contribution in [0.5, 0.6) is 0 Å². The Labute approximate surface area is 267 Å². The van der Waals surface area contributed by atoms with Crippen LogP contribution in [0.25, 0.3) is 23.1 Å². The lowest BCUT2D eigenvalue weighted by Crippen LogP contribution is -2.34. The normalized spacial score (nSPS) is 19.6. The Kier molecular flexibility index (Phi) is 6.21. The fourth-order valence-corrected chi connectivity index (χ4v) is 8.04. The molecule has 2 saturated carbocycles. The van der Waals surface area contributed by atoms with Gasteiger partial charge in [-0.1, -0.05) is 38.1 Å². The molecule has 6 nitrogen and oxygen atoms in total. The summed E-state index contributed by atoms with van der Waals surface area (Å²) >= 11 is 3.63. The molecule has 4 aliphatic rings. The van der Waals surface area contributed by atoms with E-state index in [0.717, 1.165) is 58.7 Å². The Morgan fingerprint density at radius 1 is 1.00 bits per heavy atom. The van der Waals surface area contributed by atoms with Gasteiger partial charge in [0.1, 0.15) is 11.6 Å². The summed E-state index contributed by atoms with van der Waals surface area (Å²) in [6.45, 7) is 11.5. The second-order valence-electron chi connectivity index (χ2n) is 13.0. The third-order valence-corrected chi connectivity index (χ3v) is 11.2. The number of pyridine rings is 2. The molecule has 0 saturated heterocycles. The average Bonchev–Trinajstić information content (AvgIpc) is 3.54. The molecule has 0 atom stereocenters. The standard InChI is InChI=1S/C37H37BrN6/c1-22(7-8-26-16-30-34(40-19-26)42-24(3)36(30)11-5-12-36)39-21-29-23(2)44(4)32-10-9-25(15-28(29)32)17-33-37(13-6-14-37)31-18-27(38)20-41-35(31)43-33/h7-10,15-20,39H,1,3,5-6,11-14,21H2,2,4H3,(H,40,42)(H,41,43)/b8-7+,33-17+. The summed E-state index contributed by atoms with van der Waals surface area (Å²) in [5.74, 6) is 1.96. The van der Waals surface area contributed by atoms with Crippen molar-refractivity contribution in [3.05, 3.63) is 117 Å². The van der Waals surface area contributed by atoms with Crippen LogP contribution in [0.1, 0.15) is 72.0 Å². The fourth-order valence-electron chi connectivity index (χ4n) is 7.71. The number of allylic oxidation sites excluding steroid dienone is 3. The molecule has 0 amide bonds. The maximum atomic E-state index is 4.69. The predicted molar refractivity (Wildman–Crippen MR) is 184 cm³/mol. The number of nitrogens with zero attached hydrogens (tertiary/aromatic N) is 3. The highest BCUT2D eigenvalue weighted by Crippen LogP contribution is 2.56. The lowest BCUT2D eigenvalue weighted by molar-refractivity contribution is 0.307. The molecule has 44 heavy (non-hydrogen) atoms. The molecule has 7 heteroatoms. The molecule has 2 aliphatic carbocycles. The van der Waals surface area contributed by atoms with Crippen LogP contribution in [0.15, 0.2) is 83.5 Å². The van der Waals surface area contributed by atoms with Crippen molar-refractivity contribution < 1.29 is 0 Å². The Balaban J connectivity index is 1.03. The maximum Gasteiger partial charge on any atom is 0.134 e. The molecular weight excluding hydrogens is 608 g/mol. The summed E-state index contributed by atoms with van der Waals surface area (Å²) in [6, 6.07) is 11.3. The zero-order valence-corrected chi connectivity index (χ0v) is 26.9. The highest BCUT2D eigenvalue weighted by molar-refractivity contribution is 9.10. The van der Waals surface area contributed by atoms with E-state index in [-0.39, 0.29) is 10.8 Å². The zero-order chi connectivity index (χ0) is 30.2. The molecule has 4 aromatic rings. The summed E-state index contributed by atoms with van der Waals surface area (Å²) in [7, 11) is 2.15. The largest absolute Gasteiger partial charge is 0.381 e. The summed E-state index contributed by atoms with van der Waals surface area (Å²) in [5.41, 5.74) is 12.0. The van der Waals surface area contributed by atoms with Gasteiger partial charge in [0.05, 0.1) is 0 Å². The van der Waals surface area contributed by atoms with Crippen molar-refractivity contribution in [1.29, 1.82) is 0 Å². The van der Waals surface area contributed by atoms with E-state index in [0.29, 0.717) is 6.54 Å². The van der Waals surface area contributed by atoms with Gasteiger partial charge in [-0.25, -0.2) is 9.97 Å². The van der Waals surface area contributed by atoms with Gasteiger partial charge in [-0.05, 0) is 102 Å². The third-order valence-electron chi connectivity index (χ3n) is 10.8. The van der Waals surface area contributed by atoms with Gasteiger partial charge in [0, 0.05) is 86.1 Å². The topological polar surface area (TPSA) is 66.8 Å². The molecule has 3 aromatic heterocycles. The van der Waals surface area contributed by atoms with Crippen LogP contribution in [-0.4, -0.2) is 14.5 Å². The maximum absolute atomic E-state index is 4.69. The number of nitrogens with one attached hydrogen (secondary N) is 3. The minimum Gasteiger partial charge on any atom is -0.381 e. The predicted octanol–water partition coefficient (Wildman–Crippen LogP) is 8.61. The Morgan fingerprint density at radius 3 is 2.48 bits per heavy atom. The lowest BCUT2D eigenvalue weighted by atomic mass is 9.64. The van der Waals surface area contributed by atoms with Crippen LogP contribution < -0.4 is 16.0 Å². The number of benzene rings is 1. The molecule has 1 aromatic carbocycles. The van der Waals surface area contributed by atoms with Crippen molar-refractivity contribution in [2.24, 2.45) is 7.05 Å². The highest BCUT2D eigenvalue weighted by atomic mass is 79.9. The van der Waals surface area contributed by atoms with Crippen molar-refractivity contribution in [2.75, 3.05) is 10.6 Å².